The molecule has 0 aliphatic carbocycles. The minimum Gasteiger partial charge on any atom is -0.480 e. The van der Waals surface area contributed by atoms with E-state index in [9.17, 15) is 29.1 Å². The second-order valence-corrected chi connectivity index (χ2v) is 7.05. The van der Waals surface area contributed by atoms with E-state index >= 15 is 0 Å². The maximum Gasteiger partial charge on any atom is 0.326 e. The van der Waals surface area contributed by atoms with Gasteiger partial charge in [-0.1, -0.05) is 20.3 Å². The van der Waals surface area contributed by atoms with Crippen LogP contribution in [-0.4, -0.2) is 65.9 Å². The molecule has 4 amide bonds. The van der Waals surface area contributed by atoms with Gasteiger partial charge in [0.15, 0.2) is 0 Å². The average Bonchev–Trinajstić information content (AvgIpc) is 2.69. The standard InChI is InChI=1S/C18H34N6O6/c1-3-10(2)15(18(29)30)24-16(27)11(6-4-5-7-19)23-17(28)12(8-13(21)25)22-14(26)9-20/h10-12,15H,3-9,19-20H2,1-2H3,(H2,21,25)(H,22,26)(H,23,28)(H,24,27)(H,29,30). The number of unbranched alkanes of at least 4 members (excludes halogenated alkanes) is 1. The van der Waals surface area contributed by atoms with E-state index in [1.807, 2.05) is 0 Å². The Morgan fingerprint density at radius 1 is 0.933 bits per heavy atom. The molecule has 4 unspecified atom stereocenters. The van der Waals surface area contributed by atoms with Crippen molar-refractivity contribution >= 4 is 29.6 Å². The molecule has 0 radical (unpaired) electrons. The molecule has 0 aromatic carbocycles. The zero-order valence-corrected chi connectivity index (χ0v) is 17.5. The lowest BCUT2D eigenvalue weighted by molar-refractivity contribution is -0.144. The van der Waals surface area contributed by atoms with E-state index in [0.29, 0.717) is 25.8 Å². The smallest absolute Gasteiger partial charge is 0.326 e. The SMILES string of the molecule is CCC(C)C(NC(=O)C(CCCCN)NC(=O)C(CC(N)=O)NC(=O)CN)C(=O)O. The highest BCUT2D eigenvalue weighted by molar-refractivity contribution is 5.95. The van der Waals surface area contributed by atoms with Crippen LogP contribution in [0.25, 0.3) is 0 Å². The summed E-state index contributed by atoms with van der Waals surface area (Å²) in [5.74, 6) is -4.53. The molecule has 30 heavy (non-hydrogen) atoms. The van der Waals surface area contributed by atoms with Gasteiger partial charge in [0, 0.05) is 0 Å². The largest absolute Gasteiger partial charge is 0.480 e. The van der Waals surface area contributed by atoms with Crippen molar-refractivity contribution in [2.45, 2.75) is 64.1 Å². The van der Waals surface area contributed by atoms with Gasteiger partial charge in [-0.05, 0) is 31.7 Å². The third-order valence-electron chi connectivity index (χ3n) is 4.60. The van der Waals surface area contributed by atoms with Gasteiger partial charge in [-0.25, -0.2) is 4.79 Å². The Morgan fingerprint density at radius 3 is 2.00 bits per heavy atom. The van der Waals surface area contributed by atoms with Crippen molar-refractivity contribution in [1.82, 2.24) is 16.0 Å². The van der Waals surface area contributed by atoms with Crippen molar-refractivity contribution in [2.75, 3.05) is 13.1 Å². The molecule has 0 aromatic heterocycles. The molecule has 0 saturated carbocycles. The van der Waals surface area contributed by atoms with Crippen LogP contribution in [0.3, 0.4) is 0 Å². The molecule has 0 aromatic rings. The molecule has 0 saturated heterocycles. The van der Waals surface area contributed by atoms with Crippen LogP contribution in [0, 0.1) is 5.92 Å². The van der Waals surface area contributed by atoms with E-state index in [4.69, 9.17) is 17.2 Å². The minimum atomic E-state index is -1.31. The van der Waals surface area contributed by atoms with Crippen LogP contribution in [0.1, 0.15) is 46.0 Å². The number of hydrogen-bond donors (Lipinski definition) is 7. The summed E-state index contributed by atoms with van der Waals surface area (Å²) < 4.78 is 0. The van der Waals surface area contributed by atoms with Gasteiger partial charge in [0.25, 0.3) is 0 Å². The Kier molecular flexibility index (Phi) is 13.0. The summed E-state index contributed by atoms with van der Waals surface area (Å²) >= 11 is 0. The molecule has 4 atom stereocenters. The molecule has 0 rings (SSSR count). The van der Waals surface area contributed by atoms with E-state index in [2.05, 4.69) is 16.0 Å². The summed E-state index contributed by atoms with van der Waals surface area (Å²) in [5.41, 5.74) is 15.8. The van der Waals surface area contributed by atoms with Crippen LogP contribution in [0.5, 0.6) is 0 Å². The number of carboxylic acids is 1. The van der Waals surface area contributed by atoms with Crippen LogP contribution in [-0.2, 0) is 24.0 Å². The highest BCUT2D eigenvalue weighted by Gasteiger charge is 2.31. The van der Waals surface area contributed by atoms with Gasteiger partial charge in [-0.2, -0.15) is 0 Å². The molecule has 0 heterocycles. The lowest BCUT2D eigenvalue weighted by Gasteiger charge is -2.26. The zero-order chi connectivity index (χ0) is 23.3. The zero-order valence-electron chi connectivity index (χ0n) is 17.5. The molecule has 12 heteroatoms. The molecule has 0 aliphatic rings. The third-order valence-corrected chi connectivity index (χ3v) is 4.60. The molecule has 12 nitrogen and oxygen atoms in total. The Balaban J connectivity index is 5.43. The Morgan fingerprint density at radius 2 is 1.53 bits per heavy atom. The van der Waals surface area contributed by atoms with Gasteiger partial charge >= 0.3 is 5.97 Å². The van der Waals surface area contributed by atoms with Crippen molar-refractivity contribution in [1.29, 1.82) is 0 Å². The number of nitrogens with two attached hydrogens (primary N) is 3. The first-order chi connectivity index (χ1) is 14.1. The third kappa shape index (κ3) is 10.2. The number of aliphatic carboxylic acids is 1. The van der Waals surface area contributed by atoms with Gasteiger partial charge in [-0.15, -0.1) is 0 Å². The fourth-order valence-corrected chi connectivity index (χ4v) is 2.63. The molecule has 0 fully saturated rings. The first-order valence-corrected chi connectivity index (χ1v) is 9.88. The second kappa shape index (κ2) is 14.3. The van der Waals surface area contributed by atoms with Crippen molar-refractivity contribution in [3.63, 3.8) is 0 Å². The quantitative estimate of drug-likeness (QED) is 0.138. The predicted octanol–water partition coefficient (Wildman–Crippen LogP) is -2.47. The average molecular weight is 431 g/mol. The first kappa shape index (κ1) is 27.3. The molecule has 0 aliphatic heterocycles. The number of carbonyl (C=O) groups excluding carboxylic acids is 4. The number of hydrogen-bond acceptors (Lipinski definition) is 7. The molecule has 0 spiro atoms. The van der Waals surface area contributed by atoms with Crippen LogP contribution >= 0.6 is 0 Å². The van der Waals surface area contributed by atoms with E-state index in [0.717, 1.165) is 0 Å². The number of primary amides is 1. The predicted molar refractivity (Wildman–Crippen MR) is 109 cm³/mol. The number of nitrogens with one attached hydrogen (secondary N) is 3. The van der Waals surface area contributed by atoms with Crippen molar-refractivity contribution < 1.29 is 29.1 Å². The highest BCUT2D eigenvalue weighted by Crippen LogP contribution is 2.10. The maximum absolute atomic E-state index is 12.7. The van der Waals surface area contributed by atoms with Crippen LogP contribution in [0.2, 0.25) is 0 Å². The number of rotatable bonds is 15. The van der Waals surface area contributed by atoms with Crippen molar-refractivity contribution in [2.24, 2.45) is 23.1 Å². The number of amides is 4. The molecular weight excluding hydrogens is 396 g/mol. The van der Waals surface area contributed by atoms with E-state index in [1.165, 1.54) is 0 Å². The van der Waals surface area contributed by atoms with Crippen LogP contribution in [0.15, 0.2) is 0 Å². The molecule has 0 bridgehead atoms. The van der Waals surface area contributed by atoms with Crippen molar-refractivity contribution in [3.8, 4) is 0 Å². The maximum atomic E-state index is 12.7. The lowest BCUT2D eigenvalue weighted by atomic mass is 9.98. The number of carbonyl (C=O) groups is 5. The topological polar surface area (TPSA) is 220 Å². The second-order valence-electron chi connectivity index (χ2n) is 7.05. The Hall–Kier alpha value is -2.73. The Labute approximate surface area is 175 Å². The van der Waals surface area contributed by atoms with E-state index < -0.39 is 60.7 Å². The number of carboxylic acid groups (broad SMARTS) is 1. The van der Waals surface area contributed by atoms with Gasteiger partial charge in [-0.3, -0.25) is 19.2 Å². The summed E-state index contributed by atoms with van der Waals surface area (Å²) in [6.45, 7) is 3.45. The summed E-state index contributed by atoms with van der Waals surface area (Å²) in [7, 11) is 0. The fraction of sp³-hybridized carbons (Fsp3) is 0.722. The lowest BCUT2D eigenvalue weighted by Crippen LogP contribution is -2.57. The van der Waals surface area contributed by atoms with E-state index in [-0.39, 0.29) is 12.3 Å². The van der Waals surface area contributed by atoms with Crippen molar-refractivity contribution in [3.05, 3.63) is 0 Å². The summed E-state index contributed by atoms with van der Waals surface area (Å²) in [5, 5.41) is 16.6. The van der Waals surface area contributed by atoms with Gasteiger partial charge < -0.3 is 38.3 Å². The fourth-order valence-electron chi connectivity index (χ4n) is 2.63. The van der Waals surface area contributed by atoms with Gasteiger partial charge in [0.05, 0.1) is 13.0 Å². The van der Waals surface area contributed by atoms with Gasteiger partial charge in [0.2, 0.25) is 23.6 Å². The summed E-state index contributed by atoms with van der Waals surface area (Å²) in [6.07, 6.45) is 1.30. The Bertz CT molecular complexity index is 614. The minimum absolute atomic E-state index is 0.190. The normalized spacial score (nSPS) is 14.7. The molecular formula is C18H34N6O6. The van der Waals surface area contributed by atoms with Crippen LogP contribution < -0.4 is 33.2 Å². The first-order valence-electron chi connectivity index (χ1n) is 9.88. The van der Waals surface area contributed by atoms with Crippen LogP contribution in [0.4, 0.5) is 0 Å². The van der Waals surface area contributed by atoms with Gasteiger partial charge in [0.1, 0.15) is 18.1 Å². The van der Waals surface area contributed by atoms with E-state index in [1.54, 1.807) is 13.8 Å². The highest BCUT2D eigenvalue weighted by atomic mass is 16.4. The molecule has 172 valence electrons. The monoisotopic (exact) mass is 430 g/mol. The summed E-state index contributed by atoms with van der Waals surface area (Å²) in [6, 6.07) is -3.52. The summed E-state index contributed by atoms with van der Waals surface area (Å²) in [4.78, 5) is 59.6. The molecule has 10 N–H and O–H groups in total.